The molecule has 1 aromatic heterocycles. The Bertz CT molecular complexity index is 784. The molecule has 5 nitrogen and oxygen atoms in total. The lowest BCUT2D eigenvalue weighted by Gasteiger charge is -2.11. The second kappa shape index (κ2) is 4.91. The number of imide groups is 1. The number of benzene rings is 1. The molecule has 1 aromatic carbocycles. The number of hydrogen-bond acceptors (Lipinski definition) is 4. The van der Waals surface area contributed by atoms with Crippen LogP contribution in [-0.2, 0) is 4.79 Å². The minimum absolute atomic E-state index is 0.00199. The van der Waals surface area contributed by atoms with Crippen LogP contribution in [0.3, 0.4) is 0 Å². The van der Waals surface area contributed by atoms with Crippen LogP contribution in [0, 0.1) is 6.07 Å². The summed E-state index contributed by atoms with van der Waals surface area (Å²) in [5.74, 6) is -0.899. The Hall–Kier alpha value is -2.31. The third kappa shape index (κ3) is 2.09. The van der Waals surface area contributed by atoms with Gasteiger partial charge in [0.1, 0.15) is 5.76 Å². The zero-order chi connectivity index (χ0) is 15.1. The lowest BCUT2D eigenvalue weighted by Crippen LogP contribution is -2.37. The van der Waals surface area contributed by atoms with Crippen molar-refractivity contribution in [2.24, 2.45) is 5.73 Å². The first kappa shape index (κ1) is 13.7. The lowest BCUT2D eigenvalue weighted by molar-refractivity contribution is -0.112. The topological polar surface area (TPSA) is 83.6 Å². The molecule has 0 atom stereocenters. The number of rotatable bonds is 1. The number of amides is 3. The fraction of sp³-hybridized carbons (Fsp3) is 0. The van der Waals surface area contributed by atoms with E-state index in [0.29, 0.717) is 21.2 Å². The zero-order valence-corrected chi connectivity index (χ0v) is 12.0. The molecule has 0 unspecified atom stereocenters. The number of carbonyl (C=O) groups excluding carboxylic acids is 2. The number of halogens is 1. The van der Waals surface area contributed by atoms with Gasteiger partial charge in [-0.15, -0.1) is 11.3 Å². The van der Waals surface area contributed by atoms with E-state index in [1.165, 1.54) is 23.5 Å². The fourth-order valence-corrected chi connectivity index (χ4v) is 2.96. The van der Waals surface area contributed by atoms with Gasteiger partial charge in [0, 0.05) is 10.6 Å². The van der Waals surface area contributed by atoms with E-state index in [9.17, 15) is 14.7 Å². The van der Waals surface area contributed by atoms with E-state index >= 15 is 0 Å². The molecule has 0 saturated carbocycles. The van der Waals surface area contributed by atoms with Gasteiger partial charge in [-0.2, -0.15) is 0 Å². The van der Waals surface area contributed by atoms with Crippen LogP contribution < -0.4 is 10.6 Å². The van der Waals surface area contributed by atoms with E-state index < -0.39 is 11.9 Å². The number of anilines is 1. The SMILES string of the molecule is NC(=O)N1C(=O)/C(=C(\O)c2c[c]cs2)c2cc(Cl)ccc21. The summed E-state index contributed by atoms with van der Waals surface area (Å²) in [6.45, 7) is 0. The van der Waals surface area contributed by atoms with E-state index in [1.807, 2.05) is 0 Å². The van der Waals surface area contributed by atoms with Gasteiger partial charge in [0.2, 0.25) is 0 Å². The molecule has 2 aromatic rings. The average molecular weight is 320 g/mol. The van der Waals surface area contributed by atoms with Gasteiger partial charge in [-0.25, -0.2) is 9.69 Å². The maximum absolute atomic E-state index is 12.4. The second-order valence-electron chi connectivity index (χ2n) is 4.27. The maximum Gasteiger partial charge on any atom is 0.326 e. The second-order valence-corrected chi connectivity index (χ2v) is 5.62. The van der Waals surface area contributed by atoms with E-state index in [1.54, 1.807) is 17.5 Å². The molecule has 0 bridgehead atoms. The van der Waals surface area contributed by atoms with Crippen LogP contribution in [0.5, 0.6) is 0 Å². The Morgan fingerprint density at radius 3 is 2.81 bits per heavy atom. The summed E-state index contributed by atoms with van der Waals surface area (Å²) in [6, 6.07) is 8.01. The zero-order valence-electron chi connectivity index (χ0n) is 10.5. The van der Waals surface area contributed by atoms with Crippen LogP contribution in [0.2, 0.25) is 5.02 Å². The Labute approximate surface area is 128 Å². The van der Waals surface area contributed by atoms with Crippen molar-refractivity contribution in [3.05, 3.63) is 51.2 Å². The number of hydrogen-bond donors (Lipinski definition) is 2. The van der Waals surface area contributed by atoms with Crippen molar-refractivity contribution in [1.29, 1.82) is 0 Å². The third-order valence-electron chi connectivity index (χ3n) is 3.04. The molecule has 1 aliphatic rings. The van der Waals surface area contributed by atoms with Crippen molar-refractivity contribution in [3.63, 3.8) is 0 Å². The number of aliphatic hydroxyl groups is 1. The molecule has 0 fully saturated rings. The fourth-order valence-electron chi connectivity index (χ4n) is 2.18. The predicted octanol–water partition coefficient (Wildman–Crippen LogP) is 3.05. The van der Waals surface area contributed by atoms with Crippen molar-refractivity contribution in [2.45, 2.75) is 0 Å². The highest BCUT2D eigenvalue weighted by Gasteiger charge is 2.38. The van der Waals surface area contributed by atoms with Gasteiger partial charge in [-0.1, -0.05) is 11.6 Å². The smallest absolute Gasteiger partial charge is 0.326 e. The van der Waals surface area contributed by atoms with Crippen molar-refractivity contribution in [2.75, 3.05) is 4.90 Å². The van der Waals surface area contributed by atoms with Crippen LogP contribution in [-0.4, -0.2) is 17.0 Å². The molecular formula is C14H8ClN2O3S. The van der Waals surface area contributed by atoms with Crippen molar-refractivity contribution < 1.29 is 14.7 Å². The van der Waals surface area contributed by atoms with Gasteiger partial charge in [0.25, 0.3) is 5.91 Å². The summed E-state index contributed by atoms with van der Waals surface area (Å²) >= 11 is 7.16. The molecule has 2 heterocycles. The van der Waals surface area contributed by atoms with Gasteiger partial charge in [-0.05, 0) is 35.7 Å². The quantitative estimate of drug-likeness (QED) is 0.626. The number of urea groups is 1. The number of primary amides is 1. The largest absolute Gasteiger partial charge is 0.506 e. The Balaban J connectivity index is 2.29. The van der Waals surface area contributed by atoms with Gasteiger partial charge in [0.15, 0.2) is 0 Å². The van der Waals surface area contributed by atoms with Gasteiger partial charge in [-0.3, -0.25) is 4.79 Å². The molecule has 3 amide bonds. The van der Waals surface area contributed by atoms with Gasteiger partial charge < -0.3 is 10.8 Å². The number of nitrogens with two attached hydrogens (primary N) is 1. The minimum Gasteiger partial charge on any atom is -0.506 e. The number of carbonyl (C=O) groups is 2. The predicted molar refractivity (Wildman–Crippen MR) is 81.1 cm³/mol. The first-order valence-electron chi connectivity index (χ1n) is 5.82. The van der Waals surface area contributed by atoms with E-state index in [0.717, 1.165) is 4.90 Å². The lowest BCUT2D eigenvalue weighted by atomic mass is 10.1. The summed E-state index contributed by atoms with van der Waals surface area (Å²) in [7, 11) is 0. The highest BCUT2D eigenvalue weighted by molar-refractivity contribution is 7.11. The van der Waals surface area contributed by atoms with Crippen LogP contribution in [0.25, 0.3) is 11.3 Å². The highest BCUT2D eigenvalue weighted by atomic mass is 35.5. The summed E-state index contributed by atoms with van der Waals surface area (Å²) in [4.78, 5) is 25.2. The molecule has 7 heteroatoms. The Kier molecular flexibility index (Phi) is 3.19. The monoisotopic (exact) mass is 319 g/mol. The summed E-state index contributed by atoms with van der Waals surface area (Å²) in [6.07, 6.45) is 0. The molecule has 0 aliphatic carbocycles. The van der Waals surface area contributed by atoms with Crippen LogP contribution in [0.1, 0.15) is 10.4 Å². The van der Waals surface area contributed by atoms with Crippen LogP contribution >= 0.6 is 22.9 Å². The molecule has 3 N–H and O–H groups in total. The van der Waals surface area contributed by atoms with Crippen molar-refractivity contribution in [1.82, 2.24) is 0 Å². The van der Waals surface area contributed by atoms with Crippen molar-refractivity contribution in [3.8, 4) is 0 Å². The first-order chi connectivity index (χ1) is 10.0. The van der Waals surface area contributed by atoms with E-state index in [4.69, 9.17) is 17.3 Å². The van der Waals surface area contributed by atoms with Gasteiger partial charge in [0.05, 0.1) is 16.1 Å². The molecular weight excluding hydrogens is 312 g/mol. The molecule has 21 heavy (non-hydrogen) atoms. The van der Waals surface area contributed by atoms with Crippen molar-refractivity contribution >= 4 is 51.9 Å². The molecule has 1 aliphatic heterocycles. The Morgan fingerprint density at radius 2 is 2.19 bits per heavy atom. The number of aliphatic hydroxyl groups excluding tert-OH is 1. The highest BCUT2D eigenvalue weighted by Crippen LogP contribution is 2.41. The number of fused-ring (bicyclic) bond motifs is 1. The minimum atomic E-state index is -0.913. The summed E-state index contributed by atoms with van der Waals surface area (Å²) in [5.41, 5.74) is 5.93. The van der Waals surface area contributed by atoms with E-state index in [2.05, 4.69) is 6.07 Å². The standard InChI is InChI=1S/C14H8ClN2O3S/c15-7-3-4-9-8(6-7)11(13(19)17(9)14(16)20)12(18)10-2-1-5-21-10/h2-6,18H,(H2,16,20)/b12-11-. The van der Waals surface area contributed by atoms with Gasteiger partial charge >= 0.3 is 6.03 Å². The Morgan fingerprint density at radius 1 is 1.43 bits per heavy atom. The number of thiophene rings is 1. The number of nitrogens with zero attached hydrogens (tertiary/aromatic N) is 1. The maximum atomic E-state index is 12.4. The molecule has 3 rings (SSSR count). The molecule has 0 saturated heterocycles. The molecule has 105 valence electrons. The first-order valence-corrected chi connectivity index (χ1v) is 7.08. The van der Waals surface area contributed by atoms with Crippen LogP contribution in [0.15, 0.2) is 29.6 Å². The van der Waals surface area contributed by atoms with Crippen LogP contribution in [0.4, 0.5) is 10.5 Å². The summed E-state index contributed by atoms with van der Waals surface area (Å²) < 4.78 is 0. The molecule has 1 radical (unpaired) electrons. The van der Waals surface area contributed by atoms with E-state index in [-0.39, 0.29) is 11.3 Å². The molecule has 0 spiro atoms. The third-order valence-corrected chi connectivity index (χ3v) is 4.10. The normalized spacial score (nSPS) is 16.0. The average Bonchev–Trinajstić information content (AvgIpc) is 3.03. The summed E-state index contributed by atoms with van der Waals surface area (Å²) in [5, 5.41) is 12.4.